The Bertz CT molecular complexity index is 1940. The zero-order valence-electron chi connectivity index (χ0n) is 28.8. The number of nitrogens with zero attached hydrogens (tertiary/aromatic N) is 6. The number of nitrogens with one attached hydrogen (secondary N) is 1. The monoisotopic (exact) mass is 709 g/mol. The molecule has 4 heterocycles. The summed E-state index contributed by atoms with van der Waals surface area (Å²) in [6.07, 6.45) is 2.88. The lowest BCUT2D eigenvalue weighted by Gasteiger charge is -2.36. The van der Waals surface area contributed by atoms with Crippen molar-refractivity contribution in [1.29, 1.82) is 0 Å². The molecule has 1 N–H and O–H groups in total. The zero-order valence-corrected chi connectivity index (χ0v) is 30.6. The van der Waals surface area contributed by atoms with E-state index in [1.54, 1.807) is 13.1 Å². The smallest absolute Gasteiger partial charge is 0.412 e. The third kappa shape index (κ3) is 8.93. The third-order valence-corrected chi connectivity index (χ3v) is 13.4. The predicted molar refractivity (Wildman–Crippen MR) is 188 cm³/mol. The largest absolute Gasteiger partial charge is 0.477 e. The number of benzene rings is 1. The summed E-state index contributed by atoms with van der Waals surface area (Å²) in [7, 11) is -1.87. The number of aromatic nitrogens is 6. The van der Waals surface area contributed by atoms with E-state index in [0.29, 0.717) is 57.8 Å². The highest BCUT2D eigenvalue weighted by Crippen LogP contribution is 2.37. The van der Waals surface area contributed by atoms with E-state index in [1.807, 2.05) is 26.0 Å². The van der Waals surface area contributed by atoms with Crippen LogP contribution >= 0.6 is 11.3 Å². The first kappa shape index (κ1) is 35.8. The van der Waals surface area contributed by atoms with Gasteiger partial charge in [-0.1, -0.05) is 32.1 Å². The lowest BCUT2D eigenvalue weighted by atomic mass is 10.1. The second-order valence-electron chi connectivity index (χ2n) is 12.8. The van der Waals surface area contributed by atoms with Crippen molar-refractivity contribution in [3.63, 3.8) is 0 Å². The van der Waals surface area contributed by atoms with Gasteiger partial charge in [0.05, 0.1) is 48.5 Å². The average Bonchev–Trinajstić information content (AvgIpc) is 3.44. The molecule has 1 aromatic carbocycles. The Hall–Kier alpha value is -4.54. The number of thiazole rings is 1. The van der Waals surface area contributed by atoms with Gasteiger partial charge in [-0.05, 0) is 56.6 Å². The van der Waals surface area contributed by atoms with Crippen molar-refractivity contribution >= 4 is 52.8 Å². The molecule has 0 saturated heterocycles. The Kier molecular flexibility index (Phi) is 10.9. The number of carbonyl (C=O) groups is 1. The van der Waals surface area contributed by atoms with E-state index < -0.39 is 26.3 Å². The van der Waals surface area contributed by atoms with Gasteiger partial charge in [-0.3, -0.25) is 5.32 Å². The van der Waals surface area contributed by atoms with Crippen molar-refractivity contribution in [2.24, 2.45) is 0 Å². The van der Waals surface area contributed by atoms with Crippen LogP contribution in [0.25, 0.3) is 32.0 Å². The Morgan fingerprint density at radius 2 is 1.73 bits per heavy atom. The molecule has 4 aromatic heterocycles. The van der Waals surface area contributed by atoms with Crippen molar-refractivity contribution in [2.45, 2.75) is 65.8 Å². The fraction of sp³-hybridized carbons (Fsp3) is 0.424. The van der Waals surface area contributed by atoms with Crippen LogP contribution < -0.4 is 19.5 Å². The van der Waals surface area contributed by atoms with Gasteiger partial charge in [0.25, 0.3) is 5.88 Å². The summed E-state index contributed by atoms with van der Waals surface area (Å²) in [6, 6.07) is 5.30. The molecule has 13 nitrogen and oxygen atoms in total. The third-order valence-electron chi connectivity index (χ3n) is 7.82. The van der Waals surface area contributed by atoms with E-state index in [1.165, 1.54) is 29.8 Å². The number of anilines is 1. The molecule has 1 atom stereocenters. The topological polar surface area (TPSA) is 153 Å². The van der Waals surface area contributed by atoms with E-state index in [-0.39, 0.29) is 23.5 Å². The number of fused-ring (bicyclic) bond motifs is 2. The fourth-order valence-corrected chi connectivity index (χ4v) is 6.29. The Morgan fingerprint density at radius 3 is 2.45 bits per heavy atom. The van der Waals surface area contributed by atoms with Gasteiger partial charge in [0, 0.05) is 11.6 Å². The molecule has 0 fully saturated rings. The predicted octanol–water partition coefficient (Wildman–Crippen LogP) is 7.35. The molecule has 49 heavy (non-hydrogen) atoms. The minimum Gasteiger partial charge on any atom is -0.477 e. The highest BCUT2D eigenvalue weighted by atomic mass is 32.1. The summed E-state index contributed by atoms with van der Waals surface area (Å²) in [4.78, 5) is 39.2. The van der Waals surface area contributed by atoms with Gasteiger partial charge in [-0.2, -0.15) is 4.98 Å². The number of halogens is 1. The van der Waals surface area contributed by atoms with Crippen LogP contribution in [0.2, 0.25) is 18.1 Å². The second kappa shape index (κ2) is 14.9. The van der Waals surface area contributed by atoms with E-state index in [2.05, 4.69) is 69.1 Å². The number of carbonyl (C=O) groups excluding carboxylic acids is 1. The number of amides is 1. The van der Waals surface area contributed by atoms with Gasteiger partial charge in [-0.15, -0.1) is 0 Å². The van der Waals surface area contributed by atoms with Crippen LogP contribution in [-0.2, 0) is 9.16 Å². The van der Waals surface area contributed by atoms with Crippen LogP contribution in [0.5, 0.6) is 17.8 Å². The van der Waals surface area contributed by atoms with Crippen LogP contribution in [0, 0.1) is 12.7 Å². The fourth-order valence-electron chi connectivity index (χ4n) is 4.33. The molecule has 0 aliphatic carbocycles. The van der Waals surface area contributed by atoms with Crippen molar-refractivity contribution in [2.75, 3.05) is 31.7 Å². The van der Waals surface area contributed by atoms with Crippen molar-refractivity contribution in [1.82, 2.24) is 29.9 Å². The molecule has 0 saturated carbocycles. The summed E-state index contributed by atoms with van der Waals surface area (Å²) in [5, 5.41) is 3.27. The number of ether oxygens (including phenoxy) is 4. The van der Waals surface area contributed by atoms with E-state index in [4.69, 9.17) is 23.4 Å². The SMILES string of the molecule is CCOc1cnc2c(-c3nc4cc(F)c(OC[C@@H](C)OC(=O)Nc5cnc(OCCO[Si](C)(C)C(C)(C)C)nc5)nc4s3)cc(C)cc2n1. The van der Waals surface area contributed by atoms with Crippen LogP contribution in [0.3, 0.4) is 0 Å². The van der Waals surface area contributed by atoms with E-state index >= 15 is 0 Å². The zero-order chi connectivity index (χ0) is 35.3. The van der Waals surface area contributed by atoms with Gasteiger partial charge in [-0.25, -0.2) is 34.1 Å². The molecule has 0 aliphatic heterocycles. The summed E-state index contributed by atoms with van der Waals surface area (Å²) < 4.78 is 43.1. The standard InChI is InChI=1S/C33H40FN7O6SSi/c1-9-43-26-17-35-27-22(12-19(2)13-24(27)39-26)29-40-25-14-23(34)28(41-30(25)48-29)45-18-20(3)47-32(42)38-21-15-36-31(37-16-21)44-10-11-46-49(7,8)33(4,5)6/h12-17,20H,9-11,18H2,1-8H3,(H,38,42)/t20-/m1/s1. The molecule has 5 aromatic rings. The normalized spacial score (nSPS) is 12.6. The highest BCUT2D eigenvalue weighted by molar-refractivity contribution is 7.21. The summed E-state index contributed by atoms with van der Waals surface area (Å²) in [5.74, 6) is -0.487. The Labute approximate surface area is 288 Å². The Balaban J connectivity index is 1.14. The van der Waals surface area contributed by atoms with Gasteiger partial charge in [0.2, 0.25) is 5.88 Å². The summed E-state index contributed by atoms with van der Waals surface area (Å²) in [6.45, 7) is 17.4. The Morgan fingerprint density at radius 1 is 0.980 bits per heavy atom. The van der Waals surface area contributed by atoms with Gasteiger partial charge >= 0.3 is 12.1 Å². The van der Waals surface area contributed by atoms with Gasteiger partial charge < -0.3 is 23.4 Å². The summed E-state index contributed by atoms with van der Waals surface area (Å²) >= 11 is 1.28. The quantitative estimate of drug-likeness (QED) is 0.0960. The van der Waals surface area contributed by atoms with Gasteiger partial charge in [0.15, 0.2) is 14.1 Å². The minimum atomic E-state index is -1.87. The van der Waals surface area contributed by atoms with Gasteiger partial charge in [0.1, 0.15) is 34.7 Å². The molecule has 0 unspecified atom stereocenters. The summed E-state index contributed by atoms with van der Waals surface area (Å²) in [5.41, 5.74) is 3.71. The maximum atomic E-state index is 15.0. The van der Waals surface area contributed by atoms with Crippen molar-refractivity contribution in [3.8, 4) is 28.3 Å². The number of aryl methyl sites for hydroxylation is 1. The lowest BCUT2D eigenvalue weighted by molar-refractivity contribution is 0.0827. The number of rotatable bonds is 13. The minimum absolute atomic E-state index is 0.105. The van der Waals surface area contributed by atoms with E-state index in [0.717, 1.165) is 11.1 Å². The molecule has 5 rings (SSSR count). The molecular weight excluding hydrogens is 670 g/mol. The molecule has 1 amide bonds. The van der Waals surface area contributed by atoms with Crippen LogP contribution in [-0.4, -0.2) is 76.8 Å². The molecule has 0 radical (unpaired) electrons. The van der Waals surface area contributed by atoms with Crippen LogP contribution in [0.1, 0.15) is 40.2 Å². The second-order valence-corrected chi connectivity index (χ2v) is 18.6. The first-order chi connectivity index (χ1) is 23.2. The van der Waals surface area contributed by atoms with Crippen molar-refractivity contribution < 1.29 is 32.6 Å². The van der Waals surface area contributed by atoms with Crippen LogP contribution in [0.4, 0.5) is 14.9 Å². The number of pyridine rings is 1. The lowest BCUT2D eigenvalue weighted by Crippen LogP contribution is -2.41. The highest BCUT2D eigenvalue weighted by Gasteiger charge is 2.37. The first-order valence-corrected chi connectivity index (χ1v) is 19.5. The first-order valence-electron chi connectivity index (χ1n) is 15.8. The molecule has 16 heteroatoms. The van der Waals surface area contributed by atoms with Crippen LogP contribution in [0.15, 0.2) is 36.8 Å². The molecular formula is C33H40FN7O6SSi. The van der Waals surface area contributed by atoms with E-state index in [9.17, 15) is 9.18 Å². The maximum Gasteiger partial charge on any atom is 0.412 e. The molecule has 0 aliphatic rings. The number of hydrogen-bond donors (Lipinski definition) is 1. The number of hydrogen-bond acceptors (Lipinski definition) is 13. The van der Waals surface area contributed by atoms with Crippen molar-refractivity contribution in [3.05, 3.63) is 48.2 Å². The maximum absolute atomic E-state index is 15.0. The molecule has 0 spiro atoms. The molecule has 260 valence electrons. The molecule has 0 bridgehead atoms. The average molecular weight is 710 g/mol.